The summed E-state index contributed by atoms with van der Waals surface area (Å²) in [6, 6.07) is 12.2. The lowest BCUT2D eigenvalue weighted by atomic mass is 10.2. The van der Waals surface area contributed by atoms with Gasteiger partial charge in [-0.2, -0.15) is 5.10 Å². The SMILES string of the molecule is CN(CCN1CCOCC1)C(=O)c1cc(Cn2ccc3ccccc32)[nH]n1. The molecule has 2 aromatic heterocycles. The van der Waals surface area contributed by atoms with Gasteiger partial charge in [-0.25, -0.2) is 0 Å². The Morgan fingerprint density at radius 3 is 2.93 bits per heavy atom. The van der Waals surface area contributed by atoms with E-state index in [1.165, 1.54) is 10.9 Å². The first kappa shape index (κ1) is 17.8. The van der Waals surface area contributed by atoms with Crippen molar-refractivity contribution >= 4 is 16.8 Å². The highest BCUT2D eigenvalue weighted by atomic mass is 16.5. The van der Waals surface area contributed by atoms with Crippen LogP contribution in [-0.2, 0) is 11.3 Å². The Kier molecular flexibility index (Phi) is 5.22. The molecular formula is C20H25N5O2. The highest BCUT2D eigenvalue weighted by Crippen LogP contribution is 2.16. The van der Waals surface area contributed by atoms with Crippen LogP contribution in [0.1, 0.15) is 16.2 Å². The molecule has 0 spiro atoms. The number of H-pyrrole nitrogens is 1. The van der Waals surface area contributed by atoms with Crippen LogP contribution in [0, 0.1) is 0 Å². The Balaban J connectivity index is 1.37. The summed E-state index contributed by atoms with van der Waals surface area (Å²) in [4.78, 5) is 16.7. The number of para-hydroxylation sites is 1. The van der Waals surface area contributed by atoms with Gasteiger partial charge in [0.05, 0.1) is 25.5 Å². The summed E-state index contributed by atoms with van der Waals surface area (Å²) < 4.78 is 7.51. The zero-order valence-corrected chi connectivity index (χ0v) is 15.6. The van der Waals surface area contributed by atoms with E-state index in [4.69, 9.17) is 4.74 Å². The van der Waals surface area contributed by atoms with E-state index in [1.54, 1.807) is 4.90 Å². The second-order valence-corrected chi connectivity index (χ2v) is 6.96. The lowest BCUT2D eigenvalue weighted by molar-refractivity contribution is 0.0338. The van der Waals surface area contributed by atoms with Crippen LogP contribution >= 0.6 is 0 Å². The van der Waals surface area contributed by atoms with Crippen LogP contribution in [0.15, 0.2) is 42.6 Å². The average molecular weight is 367 g/mol. The number of nitrogens with one attached hydrogen (secondary N) is 1. The molecule has 7 nitrogen and oxygen atoms in total. The Bertz CT molecular complexity index is 910. The maximum Gasteiger partial charge on any atom is 0.274 e. The molecule has 1 aliphatic rings. The lowest BCUT2D eigenvalue weighted by Gasteiger charge is -2.28. The number of hydrogen-bond acceptors (Lipinski definition) is 4. The number of benzene rings is 1. The summed E-state index contributed by atoms with van der Waals surface area (Å²) in [6.07, 6.45) is 2.06. The third-order valence-electron chi connectivity index (χ3n) is 5.07. The van der Waals surface area contributed by atoms with E-state index >= 15 is 0 Å². The zero-order chi connectivity index (χ0) is 18.6. The number of aromatic amines is 1. The van der Waals surface area contributed by atoms with Gasteiger partial charge in [-0.15, -0.1) is 0 Å². The molecule has 4 rings (SSSR count). The molecule has 0 unspecified atom stereocenters. The number of amides is 1. The van der Waals surface area contributed by atoms with Crippen molar-refractivity contribution < 1.29 is 9.53 Å². The van der Waals surface area contributed by atoms with E-state index in [2.05, 4.69) is 44.1 Å². The molecule has 3 heterocycles. The van der Waals surface area contributed by atoms with Gasteiger partial charge in [0.15, 0.2) is 0 Å². The summed E-state index contributed by atoms with van der Waals surface area (Å²) in [5, 5.41) is 8.44. The van der Waals surface area contributed by atoms with Gasteiger partial charge in [0, 0.05) is 44.9 Å². The fourth-order valence-corrected chi connectivity index (χ4v) is 3.43. The maximum atomic E-state index is 12.6. The van der Waals surface area contributed by atoms with Gasteiger partial charge in [0.1, 0.15) is 5.69 Å². The molecule has 27 heavy (non-hydrogen) atoms. The van der Waals surface area contributed by atoms with Crippen LogP contribution in [0.25, 0.3) is 10.9 Å². The summed E-state index contributed by atoms with van der Waals surface area (Å²) in [5.74, 6) is -0.0527. The fourth-order valence-electron chi connectivity index (χ4n) is 3.43. The fraction of sp³-hybridized carbons (Fsp3) is 0.400. The Morgan fingerprint density at radius 2 is 2.07 bits per heavy atom. The highest BCUT2D eigenvalue weighted by Gasteiger charge is 2.17. The molecule has 0 atom stereocenters. The van der Waals surface area contributed by atoms with Gasteiger partial charge >= 0.3 is 0 Å². The first-order chi connectivity index (χ1) is 13.2. The number of hydrogen-bond donors (Lipinski definition) is 1. The minimum absolute atomic E-state index is 0.0527. The molecule has 1 amide bonds. The Hall–Kier alpha value is -2.64. The molecule has 0 radical (unpaired) electrons. The van der Waals surface area contributed by atoms with Crippen LogP contribution in [0.4, 0.5) is 0 Å². The Labute approximate surface area is 158 Å². The molecule has 1 aliphatic heterocycles. The maximum absolute atomic E-state index is 12.6. The molecule has 0 aliphatic carbocycles. The van der Waals surface area contributed by atoms with E-state index in [0.717, 1.165) is 38.5 Å². The van der Waals surface area contributed by atoms with Crippen molar-refractivity contribution in [1.29, 1.82) is 0 Å². The van der Waals surface area contributed by atoms with Gasteiger partial charge in [0.2, 0.25) is 0 Å². The number of morpholine rings is 1. The first-order valence-corrected chi connectivity index (χ1v) is 9.34. The van der Waals surface area contributed by atoms with E-state index in [0.29, 0.717) is 18.8 Å². The van der Waals surface area contributed by atoms with Crippen molar-refractivity contribution in [3.05, 3.63) is 54.0 Å². The minimum atomic E-state index is -0.0527. The Morgan fingerprint density at radius 1 is 1.26 bits per heavy atom. The average Bonchev–Trinajstić information content (AvgIpc) is 3.34. The molecule has 7 heteroatoms. The number of ether oxygens (including phenoxy) is 1. The molecule has 142 valence electrons. The molecule has 1 N–H and O–H groups in total. The second-order valence-electron chi connectivity index (χ2n) is 6.96. The number of aromatic nitrogens is 3. The standard InChI is InChI=1S/C20H25N5O2/c1-23(8-9-24-10-12-27-13-11-24)20(26)18-14-17(21-22-18)15-25-7-6-16-4-2-3-5-19(16)25/h2-7,14H,8-13,15H2,1H3,(H,21,22). The summed E-state index contributed by atoms with van der Waals surface area (Å²) in [5.41, 5.74) is 2.55. The zero-order valence-electron chi connectivity index (χ0n) is 15.6. The van der Waals surface area contributed by atoms with Gasteiger partial charge < -0.3 is 14.2 Å². The third kappa shape index (κ3) is 4.04. The van der Waals surface area contributed by atoms with E-state index in [1.807, 2.05) is 25.2 Å². The predicted molar refractivity (Wildman–Crippen MR) is 104 cm³/mol. The molecule has 3 aromatic rings. The number of rotatable bonds is 6. The van der Waals surface area contributed by atoms with Crippen molar-refractivity contribution in [2.75, 3.05) is 46.4 Å². The summed E-state index contributed by atoms with van der Waals surface area (Å²) >= 11 is 0. The number of likely N-dealkylation sites (N-methyl/N-ethyl adjacent to an activating group) is 1. The van der Waals surface area contributed by atoms with Crippen molar-refractivity contribution in [3.8, 4) is 0 Å². The van der Waals surface area contributed by atoms with Crippen molar-refractivity contribution in [1.82, 2.24) is 24.6 Å². The molecule has 1 aromatic carbocycles. The second kappa shape index (κ2) is 7.94. The number of carbonyl (C=O) groups excluding carboxylic acids is 1. The molecular weight excluding hydrogens is 342 g/mol. The van der Waals surface area contributed by atoms with Crippen LogP contribution in [0.2, 0.25) is 0 Å². The van der Waals surface area contributed by atoms with Crippen molar-refractivity contribution in [2.45, 2.75) is 6.54 Å². The monoisotopic (exact) mass is 367 g/mol. The molecule has 0 saturated carbocycles. The minimum Gasteiger partial charge on any atom is -0.379 e. The van der Waals surface area contributed by atoms with Gasteiger partial charge in [-0.05, 0) is 23.6 Å². The van der Waals surface area contributed by atoms with Crippen molar-refractivity contribution in [2.24, 2.45) is 0 Å². The predicted octanol–water partition coefficient (Wildman–Crippen LogP) is 1.82. The van der Waals surface area contributed by atoms with E-state index in [9.17, 15) is 4.79 Å². The first-order valence-electron chi connectivity index (χ1n) is 9.34. The molecule has 0 bridgehead atoms. The topological polar surface area (TPSA) is 66.4 Å². The normalized spacial score (nSPS) is 15.3. The largest absolute Gasteiger partial charge is 0.379 e. The number of fused-ring (bicyclic) bond motifs is 1. The van der Waals surface area contributed by atoms with Gasteiger partial charge in [0.25, 0.3) is 5.91 Å². The highest BCUT2D eigenvalue weighted by molar-refractivity contribution is 5.92. The van der Waals surface area contributed by atoms with E-state index < -0.39 is 0 Å². The van der Waals surface area contributed by atoms with Crippen LogP contribution in [0.5, 0.6) is 0 Å². The summed E-state index contributed by atoms with van der Waals surface area (Å²) in [7, 11) is 1.83. The van der Waals surface area contributed by atoms with Crippen LogP contribution in [0.3, 0.4) is 0 Å². The number of carbonyl (C=O) groups is 1. The van der Waals surface area contributed by atoms with E-state index in [-0.39, 0.29) is 5.91 Å². The smallest absolute Gasteiger partial charge is 0.274 e. The third-order valence-corrected chi connectivity index (χ3v) is 5.07. The van der Waals surface area contributed by atoms with Crippen LogP contribution in [-0.4, -0.2) is 76.9 Å². The number of nitrogens with zero attached hydrogens (tertiary/aromatic N) is 4. The quantitative estimate of drug-likeness (QED) is 0.722. The molecule has 1 fully saturated rings. The van der Waals surface area contributed by atoms with Gasteiger partial charge in [-0.1, -0.05) is 18.2 Å². The summed E-state index contributed by atoms with van der Waals surface area (Å²) in [6.45, 7) is 5.61. The van der Waals surface area contributed by atoms with Gasteiger partial charge in [-0.3, -0.25) is 14.8 Å². The molecule has 1 saturated heterocycles. The van der Waals surface area contributed by atoms with Crippen LogP contribution < -0.4 is 0 Å². The lowest BCUT2D eigenvalue weighted by Crippen LogP contribution is -2.42. The van der Waals surface area contributed by atoms with Crippen molar-refractivity contribution in [3.63, 3.8) is 0 Å².